The summed E-state index contributed by atoms with van der Waals surface area (Å²) in [7, 11) is 0.500. The second-order valence-electron chi connectivity index (χ2n) is 9.00. The van der Waals surface area contributed by atoms with Gasteiger partial charge in [0.25, 0.3) is 0 Å². The van der Waals surface area contributed by atoms with E-state index in [9.17, 15) is 17.6 Å². The van der Waals surface area contributed by atoms with E-state index < -0.39 is 17.5 Å². The SMILES string of the molecule is CC1(C)CC[CH-]CC1.CCCC.CF.Fc1[c-]cc2cc[c-]c(F)c2c1F.[CH-]1CCCCC1.[Re].[Y].[Y]. The molecule has 0 aliphatic heterocycles. The molecule has 36 heavy (non-hydrogen) atoms. The fraction of sp³-hybridized carbons (Fsp3) is 0.586. The van der Waals surface area contributed by atoms with Crippen LogP contribution in [0.2, 0.25) is 0 Å². The molecular weight excluding hydrogens is 788 g/mol. The van der Waals surface area contributed by atoms with Crippen LogP contribution in [-0.4, -0.2) is 7.18 Å². The Morgan fingerprint density at radius 3 is 1.67 bits per heavy atom. The van der Waals surface area contributed by atoms with E-state index >= 15 is 0 Å². The van der Waals surface area contributed by atoms with Gasteiger partial charge < -0.3 is 12.8 Å². The minimum absolute atomic E-state index is 0. The molecule has 7 heteroatoms. The molecule has 2 aromatic rings. The first-order valence-corrected chi connectivity index (χ1v) is 12.2. The van der Waals surface area contributed by atoms with Gasteiger partial charge in [-0.15, -0.1) is 12.1 Å². The standard InChI is InChI=1S/C10H3F3.C8H15.C6H11.C4H10.CH3F.Re.2Y/c11-7-3-1-2-6-4-5-8(12)10(13)9(6)7;1-8(2)6-4-3-5-7-8;1-2-4-6-5-3-1;1-3-4-2;1-2;;;/h1-2,4H;3H,4-7H2,1-2H3;1H,2-6H2;3-4H2,1-2H3;1H3;;;/q-2;2*-1;;;;;. The Hall–Kier alpha value is 1.29. The zero-order valence-corrected chi connectivity index (χ0v) is 31.1. The van der Waals surface area contributed by atoms with Crippen LogP contribution in [0.5, 0.6) is 0 Å². The van der Waals surface area contributed by atoms with Gasteiger partial charge in [0.1, 0.15) is 0 Å². The van der Waals surface area contributed by atoms with Gasteiger partial charge in [0.05, 0.1) is 7.18 Å². The van der Waals surface area contributed by atoms with Crippen molar-refractivity contribution in [2.75, 3.05) is 7.18 Å². The molecule has 0 atom stereocenters. The maximum atomic E-state index is 13.0. The van der Waals surface area contributed by atoms with Crippen molar-refractivity contribution in [1.29, 1.82) is 0 Å². The molecule has 2 aliphatic rings. The molecule has 2 aromatic carbocycles. The predicted molar refractivity (Wildman–Crippen MR) is 133 cm³/mol. The topological polar surface area (TPSA) is 0 Å². The van der Waals surface area contributed by atoms with Crippen molar-refractivity contribution in [3.63, 3.8) is 0 Å². The maximum Gasteiger partial charge on any atom is 0.0785 e. The van der Waals surface area contributed by atoms with Crippen molar-refractivity contribution < 1.29 is 103 Å². The fourth-order valence-corrected chi connectivity index (χ4v) is 3.30. The molecule has 0 spiro atoms. The van der Waals surface area contributed by atoms with Crippen molar-refractivity contribution in [3.05, 3.63) is 60.6 Å². The maximum absolute atomic E-state index is 13.0. The average molecular weight is 831 g/mol. The quantitative estimate of drug-likeness (QED) is 0.198. The molecule has 0 nitrogen and oxygen atoms in total. The smallest absolute Gasteiger partial charge is 0.0785 e. The Kier molecular flexibility index (Phi) is 34.3. The van der Waals surface area contributed by atoms with Gasteiger partial charge in [-0.1, -0.05) is 72.6 Å². The normalized spacial score (nSPS) is 15.0. The van der Waals surface area contributed by atoms with Crippen LogP contribution in [0, 0.1) is 47.8 Å². The first kappa shape index (κ1) is 44.3. The third-order valence-corrected chi connectivity index (χ3v) is 5.61. The van der Waals surface area contributed by atoms with E-state index in [1.165, 1.54) is 88.8 Å². The van der Waals surface area contributed by atoms with Crippen molar-refractivity contribution in [1.82, 2.24) is 0 Å². The Bertz CT molecular complexity index is 732. The number of rotatable bonds is 1. The van der Waals surface area contributed by atoms with Gasteiger partial charge >= 0.3 is 0 Å². The predicted octanol–water partition coefficient (Wildman–Crippen LogP) is 10.2. The monoisotopic (exact) mass is 831 g/mol. The molecule has 0 saturated heterocycles. The minimum Gasteiger partial charge on any atom is -0.328 e. The van der Waals surface area contributed by atoms with Crippen LogP contribution in [0.15, 0.2) is 18.2 Å². The van der Waals surface area contributed by atoms with Gasteiger partial charge in [0.2, 0.25) is 0 Å². The summed E-state index contributed by atoms with van der Waals surface area (Å²) in [5.74, 6) is -3.28. The zero-order chi connectivity index (χ0) is 25.1. The summed E-state index contributed by atoms with van der Waals surface area (Å²) in [5.41, 5.74) is 0.648. The van der Waals surface area contributed by atoms with Gasteiger partial charge in [-0.05, 0) is 17.0 Å². The molecule has 3 radical (unpaired) electrons. The summed E-state index contributed by atoms with van der Waals surface area (Å²) in [6, 6.07) is 8.15. The van der Waals surface area contributed by atoms with Gasteiger partial charge in [-0.3, -0.25) is 8.78 Å². The van der Waals surface area contributed by atoms with Crippen LogP contribution in [0.25, 0.3) is 10.8 Å². The van der Waals surface area contributed by atoms with E-state index in [4.69, 9.17) is 0 Å². The van der Waals surface area contributed by atoms with Crippen LogP contribution in [-0.2, 0) is 85.8 Å². The number of alkyl halides is 1. The molecule has 4 rings (SSSR count). The van der Waals surface area contributed by atoms with Crippen LogP contribution in [0.4, 0.5) is 17.6 Å². The van der Waals surface area contributed by atoms with Gasteiger partial charge in [0, 0.05) is 91.7 Å². The molecule has 0 unspecified atom stereocenters. The van der Waals surface area contributed by atoms with Gasteiger partial charge in [-0.2, -0.15) is 43.2 Å². The molecule has 2 saturated carbocycles. The summed E-state index contributed by atoms with van der Waals surface area (Å²) < 4.78 is 48.1. The summed E-state index contributed by atoms with van der Waals surface area (Å²) in [5, 5.41) is -0.103. The first-order valence-electron chi connectivity index (χ1n) is 12.2. The van der Waals surface area contributed by atoms with Crippen LogP contribution in [0.3, 0.4) is 0 Å². The van der Waals surface area contributed by atoms with E-state index in [-0.39, 0.29) is 96.6 Å². The number of hydrogen-bond acceptors (Lipinski definition) is 0. The summed E-state index contributed by atoms with van der Waals surface area (Å²) in [4.78, 5) is 0. The third kappa shape index (κ3) is 20.2. The Morgan fingerprint density at radius 2 is 1.31 bits per heavy atom. The van der Waals surface area contributed by atoms with Crippen LogP contribution in [0.1, 0.15) is 98.3 Å². The largest absolute Gasteiger partial charge is 0.328 e. The van der Waals surface area contributed by atoms with E-state index in [1.807, 2.05) is 6.07 Å². The molecular formula is C29H42F4ReY2-4. The number of benzene rings is 2. The average Bonchev–Trinajstić information content (AvgIpc) is 2.85. The van der Waals surface area contributed by atoms with Crippen molar-refractivity contribution in [2.45, 2.75) is 98.3 Å². The van der Waals surface area contributed by atoms with E-state index in [2.05, 4.69) is 46.6 Å². The van der Waals surface area contributed by atoms with Crippen LogP contribution >= 0.6 is 0 Å². The van der Waals surface area contributed by atoms with Crippen molar-refractivity contribution >= 4 is 10.8 Å². The van der Waals surface area contributed by atoms with E-state index in [0.29, 0.717) is 12.6 Å². The zero-order valence-electron chi connectivity index (χ0n) is 22.7. The summed E-state index contributed by atoms with van der Waals surface area (Å²) in [6.45, 7) is 9.08. The first-order chi connectivity index (χ1) is 15.8. The van der Waals surface area contributed by atoms with Crippen LogP contribution < -0.4 is 0 Å². The molecule has 0 bridgehead atoms. The molecule has 203 valence electrons. The molecule has 2 fully saturated rings. The van der Waals surface area contributed by atoms with E-state index in [0.717, 1.165) is 0 Å². The summed E-state index contributed by atoms with van der Waals surface area (Å²) >= 11 is 0. The summed E-state index contributed by atoms with van der Waals surface area (Å²) in [6.07, 6.45) is 20.0. The number of halogens is 4. The second kappa shape index (κ2) is 27.8. The second-order valence-corrected chi connectivity index (χ2v) is 9.00. The van der Waals surface area contributed by atoms with Crippen molar-refractivity contribution in [3.8, 4) is 0 Å². The third-order valence-electron chi connectivity index (χ3n) is 5.61. The minimum atomic E-state index is -1.22. The van der Waals surface area contributed by atoms with Crippen molar-refractivity contribution in [2.24, 2.45) is 5.41 Å². The number of unbranched alkanes of at least 4 members (excludes halogenated alkanes) is 1. The molecule has 0 amide bonds. The fourth-order valence-electron chi connectivity index (χ4n) is 3.30. The Labute approximate surface area is 282 Å². The molecule has 0 N–H and O–H groups in total. The molecule has 0 aromatic heterocycles. The molecule has 0 heterocycles. The number of hydrogen-bond donors (Lipinski definition) is 0. The number of fused-ring (bicyclic) bond motifs is 1. The van der Waals surface area contributed by atoms with Gasteiger partial charge in [-0.25, -0.2) is 20.2 Å². The van der Waals surface area contributed by atoms with Gasteiger partial charge in [0.15, 0.2) is 0 Å². The Morgan fingerprint density at radius 1 is 0.806 bits per heavy atom. The molecule has 2 aliphatic carbocycles. The Balaban J connectivity index is -0.000000195. The van der Waals surface area contributed by atoms with E-state index in [1.54, 1.807) is 0 Å².